The van der Waals surface area contributed by atoms with Crippen molar-refractivity contribution < 1.29 is 9.47 Å². The fourth-order valence-electron chi connectivity index (χ4n) is 3.10. The number of hydrogen-bond acceptors (Lipinski definition) is 2. The number of rotatable bonds is 10. The SMILES string of the molecule is CCC(CC(C)c1ccc(COCCOC)cc1)c1ccccc1. The van der Waals surface area contributed by atoms with Crippen LogP contribution in [0.3, 0.4) is 0 Å². The molecule has 0 saturated heterocycles. The molecule has 0 radical (unpaired) electrons. The molecule has 0 aliphatic rings. The highest BCUT2D eigenvalue weighted by Gasteiger charge is 2.15. The summed E-state index contributed by atoms with van der Waals surface area (Å²) in [6, 6.07) is 19.7. The topological polar surface area (TPSA) is 18.5 Å². The molecule has 2 atom stereocenters. The van der Waals surface area contributed by atoms with Gasteiger partial charge in [-0.3, -0.25) is 0 Å². The zero-order valence-corrected chi connectivity index (χ0v) is 15.2. The van der Waals surface area contributed by atoms with Gasteiger partial charge in [0.2, 0.25) is 0 Å². The minimum atomic E-state index is 0.554. The summed E-state index contributed by atoms with van der Waals surface area (Å²) >= 11 is 0. The quantitative estimate of drug-likeness (QED) is 0.534. The Morgan fingerprint density at radius 2 is 1.58 bits per heavy atom. The Hall–Kier alpha value is -1.64. The fourth-order valence-corrected chi connectivity index (χ4v) is 3.10. The van der Waals surface area contributed by atoms with Crippen molar-refractivity contribution in [2.24, 2.45) is 0 Å². The number of methoxy groups -OCH3 is 1. The molecule has 2 aromatic carbocycles. The second kappa shape index (κ2) is 10.3. The average molecular weight is 326 g/mol. The summed E-state index contributed by atoms with van der Waals surface area (Å²) in [5.41, 5.74) is 4.08. The van der Waals surface area contributed by atoms with Crippen LogP contribution in [0.2, 0.25) is 0 Å². The fraction of sp³-hybridized carbons (Fsp3) is 0.455. The average Bonchev–Trinajstić information content (AvgIpc) is 2.64. The van der Waals surface area contributed by atoms with Gasteiger partial charge < -0.3 is 9.47 Å². The molecular formula is C22H30O2. The van der Waals surface area contributed by atoms with Gasteiger partial charge in [0.05, 0.1) is 19.8 Å². The van der Waals surface area contributed by atoms with E-state index in [1.807, 2.05) is 0 Å². The van der Waals surface area contributed by atoms with Crippen LogP contribution in [0.1, 0.15) is 55.2 Å². The van der Waals surface area contributed by atoms with Crippen molar-refractivity contribution in [2.75, 3.05) is 20.3 Å². The molecular weight excluding hydrogens is 296 g/mol. The smallest absolute Gasteiger partial charge is 0.0718 e. The molecule has 0 aliphatic carbocycles. The Labute approximate surface area is 146 Å². The molecule has 2 nitrogen and oxygen atoms in total. The second-order valence-electron chi connectivity index (χ2n) is 6.44. The first kappa shape index (κ1) is 18.7. The lowest BCUT2D eigenvalue weighted by atomic mass is 9.84. The lowest BCUT2D eigenvalue weighted by Crippen LogP contribution is -2.04. The van der Waals surface area contributed by atoms with Crippen molar-refractivity contribution in [2.45, 2.75) is 45.1 Å². The van der Waals surface area contributed by atoms with Crippen molar-refractivity contribution in [3.05, 3.63) is 71.3 Å². The predicted octanol–water partition coefficient (Wildman–Crippen LogP) is 5.54. The van der Waals surface area contributed by atoms with Crippen LogP contribution in [-0.4, -0.2) is 20.3 Å². The van der Waals surface area contributed by atoms with Crippen LogP contribution in [-0.2, 0) is 16.1 Å². The number of benzene rings is 2. The van der Waals surface area contributed by atoms with E-state index in [0.717, 1.165) is 0 Å². The molecule has 0 amide bonds. The normalized spacial score (nSPS) is 13.6. The van der Waals surface area contributed by atoms with Crippen LogP contribution in [0.15, 0.2) is 54.6 Å². The van der Waals surface area contributed by atoms with E-state index >= 15 is 0 Å². The third kappa shape index (κ3) is 5.77. The Bertz CT molecular complexity index is 562. The Morgan fingerprint density at radius 3 is 2.21 bits per heavy atom. The van der Waals surface area contributed by atoms with Crippen molar-refractivity contribution in [3.8, 4) is 0 Å². The van der Waals surface area contributed by atoms with Crippen LogP contribution in [0, 0.1) is 0 Å². The van der Waals surface area contributed by atoms with E-state index in [1.54, 1.807) is 7.11 Å². The maximum absolute atomic E-state index is 5.58. The molecule has 0 N–H and O–H groups in total. The van der Waals surface area contributed by atoms with Gasteiger partial charge in [-0.1, -0.05) is 68.4 Å². The van der Waals surface area contributed by atoms with Crippen LogP contribution in [0.4, 0.5) is 0 Å². The van der Waals surface area contributed by atoms with Gasteiger partial charge in [-0.25, -0.2) is 0 Å². The number of hydrogen-bond donors (Lipinski definition) is 0. The summed E-state index contributed by atoms with van der Waals surface area (Å²) in [5.74, 6) is 1.18. The van der Waals surface area contributed by atoms with Gasteiger partial charge in [-0.15, -0.1) is 0 Å². The van der Waals surface area contributed by atoms with Gasteiger partial charge in [0.1, 0.15) is 0 Å². The molecule has 24 heavy (non-hydrogen) atoms. The maximum Gasteiger partial charge on any atom is 0.0718 e. The largest absolute Gasteiger partial charge is 0.382 e. The Morgan fingerprint density at radius 1 is 0.875 bits per heavy atom. The summed E-state index contributed by atoms with van der Waals surface area (Å²) in [4.78, 5) is 0. The van der Waals surface area contributed by atoms with Crippen LogP contribution >= 0.6 is 0 Å². The van der Waals surface area contributed by atoms with E-state index in [4.69, 9.17) is 9.47 Å². The van der Waals surface area contributed by atoms with E-state index < -0.39 is 0 Å². The lowest BCUT2D eigenvalue weighted by molar-refractivity contribution is 0.0616. The third-order valence-electron chi connectivity index (χ3n) is 4.65. The monoisotopic (exact) mass is 326 g/mol. The zero-order chi connectivity index (χ0) is 17.2. The highest BCUT2D eigenvalue weighted by molar-refractivity contribution is 5.26. The van der Waals surface area contributed by atoms with E-state index in [0.29, 0.717) is 31.7 Å². The molecule has 2 heteroatoms. The zero-order valence-electron chi connectivity index (χ0n) is 15.2. The molecule has 2 unspecified atom stereocenters. The minimum absolute atomic E-state index is 0.554. The van der Waals surface area contributed by atoms with Gasteiger partial charge in [0.15, 0.2) is 0 Å². The van der Waals surface area contributed by atoms with Gasteiger partial charge in [0.25, 0.3) is 0 Å². The predicted molar refractivity (Wildman–Crippen MR) is 100 cm³/mol. The first-order valence-electron chi connectivity index (χ1n) is 8.95. The molecule has 2 rings (SSSR count). The van der Waals surface area contributed by atoms with Crippen molar-refractivity contribution >= 4 is 0 Å². The highest BCUT2D eigenvalue weighted by Crippen LogP contribution is 2.31. The molecule has 0 bridgehead atoms. The Balaban J connectivity index is 1.90. The van der Waals surface area contributed by atoms with E-state index in [1.165, 1.54) is 29.5 Å². The van der Waals surface area contributed by atoms with E-state index in [9.17, 15) is 0 Å². The van der Waals surface area contributed by atoms with Crippen LogP contribution < -0.4 is 0 Å². The van der Waals surface area contributed by atoms with Gasteiger partial charge >= 0.3 is 0 Å². The molecule has 0 aliphatic heterocycles. The molecule has 0 aromatic heterocycles. The lowest BCUT2D eigenvalue weighted by Gasteiger charge is -2.21. The third-order valence-corrected chi connectivity index (χ3v) is 4.65. The van der Waals surface area contributed by atoms with Gasteiger partial charge in [-0.2, -0.15) is 0 Å². The van der Waals surface area contributed by atoms with Crippen LogP contribution in [0.5, 0.6) is 0 Å². The van der Waals surface area contributed by atoms with Gasteiger partial charge in [-0.05, 0) is 41.4 Å². The van der Waals surface area contributed by atoms with E-state index in [2.05, 4.69) is 68.4 Å². The van der Waals surface area contributed by atoms with Crippen LogP contribution in [0.25, 0.3) is 0 Å². The maximum atomic E-state index is 5.58. The van der Waals surface area contributed by atoms with E-state index in [-0.39, 0.29) is 0 Å². The first-order valence-corrected chi connectivity index (χ1v) is 8.95. The Kier molecular flexibility index (Phi) is 8.00. The standard InChI is InChI=1S/C22H30O2/c1-4-20(22-8-6-5-7-9-22)16-18(2)21-12-10-19(11-13-21)17-24-15-14-23-3/h5-13,18,20H,4,14-17H2,1-3H3. The first-order chi connectivity index (χ1) is 11.7. The summed E-state index contributed by atoms with van der Waals surface area (Å²) < 4.78 is 10.6. The summed E-state index contributed by atoms with van der Waals surface area (Å²) in [6.07, 6.45) is 2.37. The number of ether oxygens (including phenoxy) is 2. The molecule has 130 valence electrons. The molecule has 0 heterocycles. The minimum Gasteiger partial charge on any atom is -0.382 e. The van der Waals surface area contributed by atoms with Crippen molar-refractivity contribution in [1.82, 2.24) is 0 Å². The summed E-state index contributed by atoms with van der Waals surface area (Å²) in [5, 5.41) is 0. The molecule has 2 aromatic rings. The summed E-state index contributed by atoms with van der Waals surface area (Å²) in [7, 11) is 1.69. The van der Waals surface area contributed by atoms with Gasteiger partial charge in [0, 0.05) is 7.11 Å². The second-order valence-corrected chi connectivity index (χ2v) is 6.44. The molecule has 0 fully saturated rings. The highest BCUT2D eigenvalue weighted by atomic mass is 16.5. The van der Waals surface area contributed by atoms with Crippen molar-refractivity contribution in [1.29, 1.82) is 0 Å². The summed E-state index contributed by atoms with van der Waals surface area (Å²) in [6.45, 7) is 6.55. The van der Waals surface area contributed by atoms with Crippen molar-refractivity contribution in [3.63, 3.8) is 0 Å². The molecule has 0 saturated carbocycles. The molecule has 0 spiro atoms.